The number of hydrogen-bond acceptors (Lipinski definition) is 4. The summed E-state index contributed by atoms with van der Waals surface area (Å²) in [5, 5.41) is 3.42. The lowest BCUT2D eigenvalue weighted by Crippen LogP contribution is -2.44. The van der Waals surface area contributed by atoms with Crippen LogP contribution >= 0.6 is 0 Å². The Kier molecular flexibility index (Phi) is 4.51. The third kappa shape index (κ3) is 2.95. The highest BCUT2D eigenvalue weighted by Gasteiger charge is 2.24. The van der Waals surface area contributed by atoms with Crippen molar-refractivity contribution in [2.24, 2.45) is 0 Å². The van der Waals surface area contributed by atoms with Crippen LogP contribution < -0.4 is 10.2 Å². The molecule has 0 amide bonds. The largest absolute Gasteiger partial charge is 0.366 e. The number of nitrogens with zero attached hydrogens (tertiary/aromatic N) is 3. The van der Waals surface area contributed by atoms with E-state index >= 15 is 0 Å². The average Bonchev–Trinajstić information content (AvgIpc) is 2.56. The van der Waals surface area contributed by atoms with E-state index in [0.29, 0.717) is 5.92 Å². The van der Waals surface area contributed by atoms with Gasteiger partial charge >= 0.3 is 0 Å². The van der Waals surface area contributed by atoms with Crippen molar-refractivity contribution in [3.05, 3.63) is 17.7 Å². The van der Waals surface area contributed by atoms with E-state index in [4.69, 9.17) is 4.98 Å². The van der Waals surface area contributed by atoms with Crippen LogP contribution in [0, 0.1) is 0 Å². The summed E-state index contributed by atoms with van der Waals surface area (Å²) in [6.45, 7) is 6.44. The number of rotatable bonds is 3. The molecule has 4 heteroatoms. The first-order valence-corrected chi connectivity index (χ1v) is 8.20. The van der Waals surface area contributed by atoms with Crippen molar-refractivity contribution in [3.63, 3.8) is 0 Å². The number of nitrogens with one attached hydrogen (secondary N) is 1. The Morgan fingerprint density at radius 3 is 2.65 bits per heavy atom. The molecule has 4 nitrogen and oxygen atoms in total. The second-order valence-corrected chi connectivity index (χ2v) is 5.98. The highest BCUT2D eigenvalue weighted by molar-refractivity contribution is 5.51. The molecular formula is C16H26N4. The summed E-state index contributed by atoms with van der Waals surface area (Å²) in [5.74, 6) is 1.66. The Morgan fingerprint density at radius 2 is 1.95 bits per heavy atom. The predicted octanol–water partition coefficient (Wildman–Crippen LogP) is 2.50. The molecule has 1 saturated carbocycles. The lowest BCUT2D eigenvalue weighted by atomic mass is 9.86. The smallest absolute Gasteiger partial charge is 0.128 e. The van der Waals surface area contributed by atoms with Crippen LogP contribution in [-0.4, -0.2) is 36.1 Å². The van der Waals surface area contributed by atoms with Crippen molar-refractivity contribution < 1.29 is 0 Å². The van der Waals surface area contributed by atoms with Gasteiger partial charge in [0.05, 0.1) is 17.6 Å². The molecule has 20 heavy (non-hydrogen) atoms. The first-order valence-electron chi connectivity index (χ1n) is 8.20. The topological polar surface area (TPSA) is 41.1 Å². The summed E-state index contributed by atoms with van der Waals surface area (Å²) in [5.41, 5.74) is 2.63. The number of piperazine rings is 1. The van der Waals surface area contributed by atoms with E-state index in [1.165, 1.54) is 43.5 Å². The maximum absolute atomic E-state index is 4.92. The monoisotopic (exact) mass is 274 g/mol. The van der Waals surface area contributed by atoms with Gasteiger partial charge in [-0.25, -0.2) is 9.97 Å². The minimum atomic E-state index is 0.655. The quantitative estimate of drug-likeness (QED) is 0.919. The molecule has 2 fully saturated rings. The molecule has 1 aliphatic carbocycles. The maximum atomic E-state index is 4.92. The Labute approximate surface area is 122 Å². The molecule has 110 valence electrons. The standard InChI is InChI=1S/C16H26N4/c1-2-15-18-12-14(20-10-8-17-9-11-20)16(19-15)13-6-4-3-5-7-13/h12-13,17H,2-11H2,1H3. The zero-order valence-corrected chi connectivity index (χ0v) is 12.6. The van der Waals surface area contributed by atoms with Crippen LogP contribution in [0.5, 0.6) is 0 Å². The van der Waals surface area contributed by atoms with Crippen LogP contribution in [0.4, 0.5) is 5.69 Å². The van der Waals surface area contributed by atoms with E-state index in [2.05, 4.69) is 28.3 Å². The first-order chi connectivity index (χ1) is 9.88. The molecule has 0 atom stereocenters. The summed E-state index contributed by atoms with van der Waals surface area (Å²) in [4.78, 5) is 11.9. The zero-order valence-electron chi connectivity index (χ0n) is 12.6. The fraction of sp³-hybridized carbons (Fsp3) is 0.750. The van der Waals surface area contributed by atoms with Gasteiger partial charge in [-0.05, 0) is 12.8 Å². The van der Waals surface area contributed by atoms with Crippen molar-refractivity contribution in [2.45, 2.75) is 51.4 Å². The van der Waals surface area contributed by atoms with Crippen molar-refractivity contribution in [1.82, 2.24) is 15.3 Å². The summed E-state index contributed by atoms with van der Waals surface area (Å²) >= 11 is 0. The van der Waals surface area contributed by atoms with Crippen molar-refractivity contribution in [1.29, 1.82) is 0 Å². The lowest BCUT2D eigenvalue weighted by molar-refractivity contribution is 0.434. The van der Waals surface area contributed by atoms with Gasteiger partial charge in [-0.1, -0.05) is 26.2 Å². The van der Waals surface area contributed by atoms with Crippen molar-refractivity contribution in [3.8, 4) is 0 Å². The summed E-state index contributed by atoms with van der Waals surface area (Å²) in [6, 6.07) is 0. The molecule has 1 aromatic heterocycles. The van der Waals surface area contributed by atoms with E-state index in [1.807, 2.05) is 0 Å². The van der Waals surface area contributed by atoms with Crippen LogP contribution in [0.15, 0.2) is 6.20 Å². The van der Waals surface area contributed by atoms with Gasteiger partial charge in [0.25, 0.3) is 0 Å². The van der Waals surface area contributed by atoms with Gasteiger partial charge < -0.3 is 10.2 Å². The molecule has 0 unspecified atom stereocenters. The zero-order chi connectivity index (χ0) is 13.8. The van der Waals surface area contributed by atoms with Crippen LogP contribution in [0.25, 0.3) is 0 Å². The fourth-order valence-electron chi connectivity index (χ4n) is 3.42. The molecule has 1 N–H and O–H groups in total. The highest BCUT2D eigenvalue weighted by Crippen LogP contribution is 2.36. The average molecular weight is 274 g/mol. The molecule has 1 saturated heterocycles. The second-order valence-electron chi connectivity index (χ2n) is 5.98. The lowest BCUT2D eigenvalue weighted by Gasteiger charge is -2.33. The Hall–Kier alpha value is -1.16. The molecule has 3 rings (SSSR count). The van der Waals surface area contributed by atoms with E-state index < -0.39 is 0 Å². The maximum Gasteiger partial charge on any atom is 0.128 e. The van der Waals surface area contributed by atoms with Crippen LogP contribution in [0.2, 0.25) is 0 Å². The molecule has 0 radical (unpaired) electrons. The number of anilines is 1. The van der Waals surface area contributed by atoms with Crippen molar-refractivity contribution in [2.75, 3.05) is 31.1 Å². The fourth-order valence-corrected chi connectivity index (χ4v) is 3.42. The molecule has 1 aromatic rings. The second kappa shape index (κ2) is 6.53. The molecular weight excluding hydrogens is 248 g/mol. The molecule has 2 heterocycles. The van der Waals surface area contributed by atoms with Gasteiger partial charge in [0.2, 0.25) is 0 Å². The van der Waals surface area contributed by atoms with E-state index in [0.717, 1.165) is 38.4 Å². The summed E-state index contributed by atoms with van der Waals surface area (Å²) in [6.07, 6.45) is 9.74. The van der Waals surface area contributed by atoms with Crippen LogP contribution in [0.1, 0.15) is 56.5 Å². The van der Waals surface area contributed by atoms with Gasteiger partial charge in [0.1, 0.15) is 5.82 Å². The number of aryl methyl sites for hydroxylation is 1. The minimum absolute atomic E-state index is 0.655. The Morgan fingerprint density at radius 1 is 1.20 bits per heavy atom. The van der Waals surface area contributed by atoms with Gasteiger partial charge in [-0.3, -0.25) is 0 Å². The summed E-state index contributed by atoms with van der Waals surface area (Å²) in [7, 11) is 0. The minimum Gasteiger partial charge on any atom is -0.366 e. The van der Waals surface area contributed by atoms with E-state index in [9.17, 15) is 0 Å². The molecule has 1 aliphatic heterocycles. The Bertz CT molecular complexity index is 434. The molecule has 2 aliphatic rings. The predicted molar refractivity (Wildman–Crippen MR) is 82.3 cm³/mol. The molecule has 0 spiro atoms. The van der Waals surface area contributed by atoms with Gasteiger partial charge in [-0.2, -0.15) is 0 Å². The Balaban J connectivity index is 1.90. The SMILES string of the molecule is CCc1ncc(N2CCNCC2)c(C2CCCCC2)n1. The number of aromatic nitrogens is 2. The van der Waals surface area contributed by atoms with Crippen LogP contribution in [-0.2, 0) is 6.42 Å². The highest BCUT2D eigenvalue weighted by atomic mass is 15.2. The molecule has 0 aromatic carbocycles. The number of hydrogen-bond donors (Lipinski definition) is 1. The van der Waals surface area contributed by atoms with Crippen molar-refractivity contribution >= 4 is 5.69 Å². The van der Waals surface area contributed by atoms with Gasteiger partial charge in [0, 0.05) is 38.5 Å². The first kappa shape index (κ1) is 13.8. The third-order valence-electron chi connectivity index (χ3n) is 4.61. The molecule has 0 bridgehead atoms. The normalized spacial score (nSPS) is 21.1. The van der Waals surface area contributed by atoms with E-state index in [1.54, 1.807) is 0 Å². The van der Waals surface area contributed by atoms with Gasteiger partial charge in [0.15, 0.2) is 0 Å². The summed E-state index contributed by atoms with van der Waals surface area (Å²) < 4.78 is 0. The third-order valence-corrected chi connectivity index (χ3v) is 4.61. The van der Waals surface area contributed by atoms with Crippen LogP contribution in [0.3, 0.4) is 0 Å². The van der Waals surface area contributed by atoms with E-state index in [-0.39, 0.29) is 0 Å². The van der Waals surface area contributed by atoms with Gasteiger partial charge in [-0.15, -0.1) is 0 Å².